The number of halogens is 2. The molecule has 10 heteroatoms. The summed E-state index contributed by atoms with van der Waals surface area (Å²) in [7, 11) is 0. The minimum atomic E-state index is -1.16. The number of hydrogen-bond acceptors (Lipinski definition) is 8. The molecule has 3 atom stereocenters. The van der Waals surface area contributed by atoms with Crippen molar-refractivity contribution in [3.05, 3.63) is 109 Å². The Morgan fingerprint density at radius 1 is 1.07 bits per heavy atom. The number of allylic oxidation sites excluding steroid dienone is 2. The summed E-state index contributed by atoms with van der Waals surface area (Å²) < 4.78 is 24.9. The molecule has 2 aromatic carbocycles. The molecular formula is C32H30ClFN2O5S. The van der Waals surface area contributed by atoms with E-state index in [1.54, 1.807) is 30.9 Å². The maximum absolute atomic E-state index is 14.7. The molecule has 0 saturated carbocycles. The fraction of sp³-hybridized carbons (Fsp3) is 0.281. The van der Waals surface area contributed by atoms with E-state index in [1.165, 1.54) is 35.6 Å². The van der Waals surface area contributed by atoms with Crippen LogP contribution in [0.4, 0.5) is 10.1 Å². The van der Waals surface area contributed by atoms with Crippen LogP contribution in [0.2, 0.25) is 5.02 Å². The molecule has 0 bridgehead atoms. The van der Waals surface area contributed by atoms with Crippen LogP contribution in [0.3, 0.4) is 0 Å². The minimum Gasteiger partial charge on any atom is -0.465 e. The lowest BCUT2D eigenvalue weighted by molar-refractivity contribution is -0.152. The van der Waals surface area contributed by atoms with E-state index >= 15 is 0 Å². The van der Waals surface area contributed by atoms with Gasteiger partial charge >= 0.3 is 11.9 Å². The van der Waals surface area contributed by atoms with Gasteiger partial charge in [0.25, 0.3) is 0 Å². The van der Waals surface area contributed by atoms with Crippen LogP contribution in [0.5, 0.6) is 0 Å². The van der Waals surface area contributed by atoms with Crippen LogP contribution in [0.1, 0.15) is 48.1 Å². The highest BCUT2D eigenvalue weighted by molar-refractivity contribution is 7.10. The Kier molecular flexibility index (Phi) is 8.52. The van der Waals surface area contributed by atoms with E-state index in [2.05, 4.69) is 0 Å². The van der Waals surface area contributed by atoms with Crippen molar-refractivity contribution in [2.45, 2.75) is 39.0 Å². The summed E-state index contributed by atoms with van der Waals surface area (Å²) >= 11 is 7.97. The number of hydrogen-bond donors (Lipinski definition) is 1. The summed E-state index contributed by atoms with van der Waals surface area (Å²) in [6.07, 6.45) is 0.242. The molecule has 2 N–H and O–H groups in total. The van der Waals surface area contributed by atoms with Crippen LogP contribution < -0.4 is 10.6 Å². The van der Waals surface area contributed by atoms with Gasteiger partial charge in [0.2, 0.25) is 0 Å². The van der Waals surface area contributed by atoms with Crippen molar-refractivity contribution in [3.63, 3.8) is 0 Å². The van der Waals surface area contributed by atoms with Gasteiger partial charge in [-0.3, -0.25) is 14.5 Å². The Hall–Kier alpha value is -3.95. The molecule has 42 heavy (non-hydrogen) atoms. The average Bonchev–Trinajstić information content (AvgIpc) is 3.50. The summed E-state index contributed by atoms with van der Waals surface area (Å²) in [5, 5.41) is 2.36. The van der Waals surface area contributed by atoms with Crippen LogP contribution in [0.25, 0.3) is 0 Å². The summed E-state index contributed by atoms with van der Waals surface area (Å²) in [5.41, 5.74) is 9.37. The molecule has 0 fully saturated rings. The molecule has 0 spiro atoms. The first-order chi connectivity index (χ1) is 20.2. The first-order valence-corrected chi connectivity index (χ1v) is 14.9. The SMILES string of the molecule is CCOC(=O)C1=C(N)N(c2cccc(Cl)c2C)C2=C(C(=O)[C@H](C(=O)OCC)[C@H](c3cccs3)C2)[C@H]1c1ccc(F)cc1. The van der Waals surface area contributed by atoms with Gasteiger partial charge in [0.15, 0.2) is 5.78 Å². The van der Waals surface area contributed by atoms with E-state index in [0.717, 1.165) is 4.88 Å². The van der Waals surface area contributed by atoms with Crippen LogP contribution in [-0.4, -0.2) is 30.9 Å². The van der Waals surface area contributed by atoms with Crippen molar-refractivity contribution in [1.29, 1.82) is 0 Å². The lowest BCUT2D eigenvalue weighted by Gasteiger charge is -2.44. The number of ether oxygens (including phenoxy) is 2. The second-order valence-corrected chi connectivity index (χ2v) is 11.4. The lowest BCUT2D eigenvalue weighted by atomic mass is 9.68. The summed E-state index contributed by atoms with van der Waals surface area (Å²) in [6, 6.07) is 14.6. The molecule has 218 valence electrons. The molecule has 2 aliphatic rings. The zero-order valence-electron chi connectivity index (χ0n) is 23.4. The van der Waals surface area contributed by atoms with E-state index in [0.29, 0.717) is 27.5 Å². The second kappa shape index (κ2) is 12.1. The predicted octanol–water partition coefficient (Wildman–Crippen LogP) is 6.38. The van der Waals surface area contributed by atoms with Crippen molar-refractivity contribution < 1.29 is 28.2 Å². The molecular weight excluding hydrogens is 579 g/mol. The first-order valence-electron chi connectivity index (χ1n) is 13.6. The highest BCUT2D eigenvalue weighted by atomic mass is 35.5. The van der Waals surface area contributed by atoms with E-state index in [4.69, 9.17) is 26.8 Å². The number of ketones is 1. The number of rotatable bonds is 7. The topological polar surface area (TPSA) is 98.9 Å². The van der Waals surface area contributed by atoms with Crippen LogP contribution in [-0.2, 0) is 23.9 Å². The van der Waals surface area contributed by atoms with Crippen molar-refractivity contribution >= 4 is 46.3 Å². The maximum atomic E-state index is 14.7. The number of esters is 2. The molecule has 0 unspecified atom stereocenters. The van der Waals surface area contributed by atoms with Crippen LogP contribution >= 0.6 is 22.9 Å². The summed E-state index contributed by atoms with van der Waals surface area (Å²) in [4.78, 5) is 44.3. The standard InChI is InChI=1S/C32H30ClFN2O5S/c1-4-40-31(38)26-20(24-10-7-15-42-24)16-23-27(29(26)37)25(18-11-13-19(34)14-12-18)28(32(39)41-5-2)30(35)36(23)22-9-6-8-21(33)17(22)3/h6-15,20,25-26H,4-5,16,35H2,1-3H3/t20-,25+,26+/m0/s1. The van der Waals surface area contributed by atoms with E-state index in [1.807, 2.05) is 30.5 Å². The maximum Gasteiger partial charge on any atom is 0.338 e. The van der Waals surface area contributed by atoms with Gasteiger partial charge in [-0.1, -0.05) is 35.9 Å². The van der Waals surface area contributed by atoms with Crippen molar-refractivity contribution in [1.82, 2.24) is 0 Å². The van der Waals surface area contributed by atoms with Gasteiger partial charge in [0, 0.05) is 27.1 Å². The fourth-order valence-electron chi connectivity index (χ4n) is 5.81. The van der Waals surface area contributed by atoms with E-state index < -0.39 is 41.3 Å². The van der Waals surface area contributed by atoms with Gasteiger partial charge in [0.05, 0.1) is 30.4 Å². The Labute approximate surface area is 252 Å². The second-order valence-electron chi connectivity index (χ2n) is 10.0. The quantitative estimate of drug-likeness (QED) is 0.246. The Bertz CT molecular complexity index is 1600. The monoisotopic (exact) mass is 608 g/mol. The van der Waals surface area contributed by atoms with E-state index in [-0.39, 0.29) is 36.6 Å². The smallest absolute Gasteiger partial charge is 0.338 e. The largest absolute Gasteiger partial charge is 0.465 e. The number of carbonyl (C=O) groups is 3. The third-order valence-electron chi connectivity index (χ3n) is 7.67. The normalized spacial score (nSPS) is 20.5. The minimum absolute atomic E-state index is 0.0205. The van der Waals surface area contributed by atoms with Gasteiger partial charge < -0.3 is 15.2 Å². The molecule has 0 saturated heterocycles. The number of Topliss-reactive ketones (excluding diaryl/α,β-unsaturated/α-hetero) is 1. The summed E-state index contributed by atoms with van der Waals surface area (Å²) in [6.45, 7) is 5.34. The Morgan fingerprint density at radius 3 is 2.43 bits per heavy atom. The number of benzene rings is 2. The third kappa shape index (κ3) is 5.12. The zero-order valence-corrected chi connectivity index (χ0v) is 24.9. The van der Waals surface area contributed by atoms with Crippen molar-refractivity contribution in [2.24, 2.45) is 11.7 Å². The molecule has 2 heterocycles. The highest BCUT2D eigenvalue weighted by Gasteiger charge is 2.51. The molecule has 1 aromatic heterocycles. The lowest BCUT2D eigenvalue weighted by Crippen LogP contribution is -2.46. The molecule has 1 aliphatic carbocycles. The number of nitrogens with two attached hydrogens (primary N) is 1. The number of nitrogens with zero attached hydrogens (tertiary/aromatic N) is 1. The van der Waals surface area contributed by atoms with Crippen molar-refractivity contribution in [3.8, 4) is 0 Å². The number of anilines is 1. The van der Waals surface area contributed by atoms with E-state index in [9.17, 15) is 18.8 Å². The predicted molar refractivity (Wildman–Crippen MR) is 159 cm³/mol. The van der Waals surface area contributed by atoms with Gasteiger partial charge in [-0.2, -0.15) is 0 Å². The summed E-state index contributed by atoms with van der Waals surface area (Å²) in [5.74, 6) is -4.97. The number of carbonyl (C=O) groups excluding carboxylic acids is 3. The molecule has 5 rings (SSSR count). The average molecular weight is 609 g/mol. The molecule has 1 aliphatic heterocycles. The zero-order chi connectivity index (χ0) is 30.1. The molecule has 0 amide bonds. The van der Waals surface area contributed by atoms with Gasteiger partial charge in [-0.25, -0.2) is 9.18 Å². The van der Waals surface area contributed by atoms with Gasteiger partial charge in [-0.15, -0.1) is 11.3 Å². The molecule has 7 nitrogen and oxygen atoms in total. The van der Waals surface area contributed by atoms with Gasteiger partial charge in [-0.05, 0) is 74.0 Å². The van der Waals surface area contributed by atoms with Crippen LogP contribution in [0, 0.1) is 18.7 Å². The van der Waals surface area contributed by atoms with Crippen molar-refractivity contribution in [2.75, 3.05) is 18.1 Å². The molecule has 3 aromatic rings. The van der Waals surface area contributed by atoms with Gasteiger partial charge in [0.1, 0.15) is 17.6 Å². The highest BCUT2D eigenvalue weighted by Crippen LogP contribution is 2.52. The third-order valence-corrected chi connectivity index (χ3v) is 9.08. The first kappa shape index (κ1) is 29.5. The van der Waals surface area contributed by atoms with Crippen LogP contribution in [0.15, 0.2) is 82.6 Å². The Balaban J connectivity index is 1.84. The fourth-order valence-corrected chi connectivity index (χ4v) is 6.85. The number of thiophene rings is 1. The Morgan fingerprint density at radius 2 is 1.79 bits per heavy atom. The molecule has 0 radical (unpaired) electrons.